The number of nitrogens with two attached hydrogens (primary N) is 1. The molecular formula is C17H18N2O3. The van der Waals surface area contributed by atoms with Gasteiger partial charge in [-0.15, -0.1) is 0 Å². The van der Waals surface area contributed by atoms with Crippen LogP contribution in [-0.4, -0.2) is 40.5 Å². The van der Waals surface area contributed by atoms with Crippen LogP contribution in [0.1, 0.15) is 21.5 Å². The highest BCUT2D eigenvalue weighted by Gasteiger charge is 2.48. The van der Waals surface area contributed by atoms with E-state index < -0.39 is 11.5 Å². The summed E-state index contributed by atoms with van der Waals surface area (Å²) in [6, 6.07) is 9.83. The van der Waals surface area contributed by atoms with Crippen molar-refractivity contribution in [2.24, 2.45) is 5.73 Å². The Bertz CT molecular complexity index is 792. The summed E-state index contributed by atoms with van der Waals surface area (Å²) < 4.78 is 0. The normalized spacial score (nSPS) is 16.4. The Morgan fingerprint density at radius 3 is 2.50 bits per heavy atom. The van der Waals surface area contributed by atoms with Crippen molar-refractivity contribution in [3.63, 3.8) is 0 Å². The van der Waals surface area contributed by atoms with Crippen molar-refractivity contribution in [2.75, 3.05) is 13.1 Å². The number of aliphatic hydroxyl groups is 1. The third-order valence-electron chi connectivity index (χ3n) is 4.25. The fourth-order valence-electron chi connectivity index (χ4n) is 2.88. The average molecular weight is 298 g/mol. The number of amides is 2. The first-order valence-corrected chi connectivity index (χ1v) is 7.13. The number of hydrogen-bond donors (Lipinski definition) is 2. The molecule has 22 heavy (non-hydrogen) atoms. The van der Waals surface area contributed by atoms with Crippen molar-refractivity contribution in [2.45, 2.75) is 19.4 Å². The SMILES string of the molecule is Cc1ccc2c(C(=O)N3CC(O)(C(N)=O)C3)c(C)ccc2c1. The molecule has 1 aliphatic heterocycles. The number of benzene rings is 2. The second-order valence-corrected chi connectivity index (χ2v) is 6.04. The Balaban J connectivity index is 1.99. The van der Waals surface area contributed by atoms with Crippen molar-refractivity contribution in [3.05, 3.63) is 47.0 Å². The van der Waals surface area contributed by atoms with E-state index in [1.54, 1.807) is 0 Å². The van der Waals surface area contributed by atoms with E-state index in [0.717, 1.165) is 21.9 Å². The van der Waals surface area contributed by atoms with Crippen LogP contribution in [0.4, 0.5) is 0 Å². The van der Waals surface area contributed by atoms with Gasteiger partial charge in [-0.2, -0.15) is 0 Å². The molecule has 1 saturated heterocycles. The Hall–Kier alpha value is -2.40. The number of nitrogens with zero attached hydrogens (tertiary/aromatic N) is 1. The predicted octanol–water partition coefficient (Wildman–Crippen LogP) is 1.13. The summed E-state index contributed by atoms with van der Waals surface area (Å²) in [5, 5.41) is 11.8. The number of carbonyl (C=O) groups excluding carboxylic acids is 2. The lowest BCUT2D eigenvalue weighted by Crippen LogP contribution is -2.69. The fourth-order valence-corrected chi connectivity index (χ4v) is 2.88. The average Bonchev–Trinajstić information content (AvgIpc) is 2.43. The van der Waals surface area contributed by atoms with Crippen LogP contribution in [0.15, 0.2) is 30.3 Å². The fraction of sp³-hybridized carbons (Fsp3) is 0.294. The third-order valence-corrected chi connectivity index (χ3v) is 4.25. The van der Waals surface area contributed by atoms with Crippen molar-refractivity contribution < 1.29 is 14.7 Å². The van der Waals surface area contributed by atoms with E-state index in [0.29, 0.717) is 5.56 Å². The highest BCUT2D eigenvalue weighted by Crippen LogP contribution is 2.28. The number of rotatable bonds is 2. The molecule has 0 bridgehead atoms. The lowest BCUT2D eigenvalue weighted by atomic mass is 9.90. The van der Waals surface area contributed by atoms with Crippen LogP contribution in [0, 0.1) is 13.8 Å². The molecule has 1 heterocycles. The molecule has 0 aliphatic carbocycles. The number of carbonyl (C=O) groups is 2. The number of likely N-dealkylation sites (tertiary alicyclic amines) is 1. The topological polar surface area (TPSA) is 83.6 Å². The van der Waals surface area contributed by atoms with Gasteiger partial charge in [0.25, 0.3) is 11.8 Å². The Morgan fingerprint density at radius 2 is 1.86 bits per heavy atom. The number of hydrogen-bond acceptors (Lipinski definition) is 3. The van der Waals surface area contributed by atoms with Gasteiger partial charge in [0.2, 0.25) is 0 Å². The lowest BCUT2D eigenvalue weighted by molar-refractivity contribution is -0.151. The summed E-state index contributed by atoms with van der Waals surface area (Å²) in [7, 11) is 0. The zero-order valence-electron chi connectivity index (χ0n) is 12.6. The molecule has 114 valence electrons. The maximum Gasteiger partial charge on any atom is 0.254 e. The first kappa shape index (κ1) is 14.5. The number of fused-ring (bicyclic) bond motifs is 1. The molecule has 3 N–H and O–H groups in total. The van der Waals surface area contributed by atoms with Crippen LogP contribution in [0.3, 0.4) is 0 Å². The van der Waals surface area contributed by atoms with E-state index in [2.05, 4.69) is 0 Å². The van der Waals surface area contributed by atoms with Gasteiger partial charge in [0.1, 0.15) is 0 Å². The van der Waals surface area contributed by atoms with Crippen LogP contribution < -0.4 is 5.73 Å². The molecule has 2 amide bonds. The van der Waals surface area contributed by atoms with Gasteiger partial charge in [-0.3, -0.25) is 9.59 Å². The molecule has 0 spiro atoms. The quantitative estimate of drug-likeness (QED) is 0.871. The smallest absolute Gasteiger partial charge is 0.254 e. The summed E-state index contributed by atoms with van der Waals surface area (Å²) in [6.07, 6.45) is 0. The van der Waals surface area contributed by atoms with Crippen LogP contribution >= 0.6 is 0 Å². The highest BCUT2D eigenvalue weighted by molar-refractivity contribution is 6.09. The molecule has 0 saturated carbocycles. The molecule has 5 nitrogen and oxygen atoms in total. The number of aryl methyl sites for hydroxylation is 2. The van der Waals surface area contributed by atoms with Crippen molar-refractivity contribution >= 4 is 22.6 Å². The molecule has 1 aliphatic rings. The summed E-state index contributed by atoms with van der Waals surface area (Å²) in [6.45, 7) is 3.78. The monoisotopic (exact) mass is 298 g/mol. The van der Waals surface area contributed by atoms with Gasteiger partial charge in [0.05, 0.1) is 18.7 Å². The van der Waals surface area contributed by atoms with Gasteiger partial charge in [0, 0.05) is 0 Å². The molecule has 5 heteroatoms. The zero-order chi connectivity index (χ0) is 16.1. The molecule has 0 radical (unpaired) electrons. The zero-order valence-corrected chi connectivity index (χ0v) is 12.6. The van der Waals surface area contributed by atoms with Crippen LogP contribution in [0.25, 0.3) is 10.8 Å². The van der Waals surface area contributed by atoms with Crippen molar-refractivity contribution in [3.8, 4) is 0 Å². The summed E-state index contributed by atoms with van der Waals surface area (Å²) >= 11 is 0. The summed E-state index contributed by atoms with van der Waals surface area (Å²) in [5.41, 5.74) is 6.16. The molecule has 2 aromatic rings. The molecule has 0 unspecified atom stereocenters. The largest absolute Gasteiger partial charge is 0.377 e. The molecular weight excluding hydrogens is 280 g/mol. The van der Waals surface area contributed by atoms with Gasteiger partial charge in [-0.05, 0) is 30.2 Å². The maximum atomic E-state index is 12.7. The minimum absolute atomic E-state index is 0.0527. The Morgan fingerprint density at radius 1 is 1.18 bits per heavy atom. The molecule has 1 fully saturated rings. The van der Waals surface area contributed by atoms with E-state index in [4.69, 9.17) is 5.73 Å². The Kier molecular flexibility index (Phi) is 3.18. The van der Waals surface area contributed by atoms with Gasteiger partial charge in [-0.25, -0.2) is 0 Å². The van der Waals surface area contributed by atoms with E-state index in [-0.39, 0.29) is 19.0 Å². The third kappa shape index (κ3) is 2.14. The molecule has 2 aromatic carbocycles. The van der Waals surface area contributed by atoms with Gasteiger partial charge in [0.15, 0.2) is 5.60 Å². The lowest BCUT2D eigenvalue weighted by Gasteiger charge is -2.44. The van der Waals surface area contributed by atoms with E-state index >= 15 is 0 Å². The van der Waals surface area contributed by atoms with Crippen molar-refractivity contribution in [1.29, 1.82) is 0 Å². The Labute approximate surface area is 128 Å². The summed E-state index contributed by atoms with van der Waals surface area (Å²) in [5.74, 6) is -0.973. The first-order valence-electron chi connectivity index (χ1n) is 7.13. The standard InChI is InChI=1S/C17H18N2O3/c1-10-3-6-13-12(7-10)5-4-11(2)14(13)15(20)19-8-17(22,9-19)16(18)21/h3-7,22H,8-9H2,1-2H3,(H2,18,21). The minimum Gasteiger partial charge on any atom is -0.377 e. The van der Waals surface area contributed by atoms with E-state index in [1.165, 1.54) is 4.90 Å². The molecule has 3 rings (SSSR count). The van der Waals surface area contributed by atoms with Crippen LogP contribution in [0.5, 0.6) is 0 Å². The number of primary amides is 1. The molecule has 0 atom stereocenters. The van der Waals surface area contributed by atoms with Gasteiger partial charge in [-0.1, -0.05) is 35.9 Å². The van der Waals surface area contributed by atoms with E-state index in [9.17, 15) is 14.7 Å². The van der Waals surface area contributed by atoms with Crippen LogP contribution in [0.2, 0.25) is 0 Å². The highest BCUT2D eigenvalue weighted by atomic mass is 16.3. The molecule has 0 aromatic heterocycles. The van der Waals surface area contributed by atoms with E-state index in [1.807, 2.05) is 44.2 Å². The number of β-amino-alcohol motifs (C(OH)–C–C–N with tert-alkyl or cyclic N) is 1. The van der Waals surface area contributed by atoms with Gasteiger partial charge >= 0.3 is 0 Å². The van der Waals surface area contributed by atoms with Gasteiger partial charge < -0.3 is 15.7 Å². The van der Waals surface area contributed by atoms with Crippen LogP contribution in [-0.2, 0) is 4.79 Å². The second-order valence-electron chi connectivity index (χ2n) is 6.04. The van der Waals surface area contributed by atoms with Crippen molar-refractivity contribution in [1.82, 2.24) is 4.90 Å². The predicted molar refractivity (Wildman–Crippen MR) is 83.5 cm³/mol. The first-order chi connectivity index (χ1) is 10.3. The maximum absolute atomic E-state index is 12.7. The minimum atomic E-state index is -1.59. The summed E-state index contributed by atoms with van der Waals surface area (Å²) in [4.78, 5) is 25.3. The second kappa shape index (κ2) is 4.81.